The van der Waals surface area contributed by atoms with Gasteiger partial charge in [-0.25, -0.2) is 8.42 Å². The van der Waals surface area contributed by atoms with E-state index in [2.05, 4.69) is 5.10 Å². The summed E-state index contributed by atoms with van der Waals surface area (Å²) in [7, 11) is -3.22. The molecule has 0 saturated heterocycles. The number of hydrogen-bond donors (Lipinski definition) is 1. The number of nitrogens with zero attached hydrogens (tertiary/aromatic N) is 2. The summed E-state index contributed by atoms with van der Waals surface area (Å²) in [5, 5.41) is 14.5. The molecule has 2 rings (SSSR count). The average molecular weight is 301 g/mol. The first-order valence-electron chi connectivity index (χ1n) is 5.52. The fourth-order valence-electron chi connectivity index (χ4n) is 1.66. The zero-order chi connectivity index (χ0) is 14.0. The highest BCUT2D eigenvalue weighted by Gasteiger charge is 2.11. The van der Waals surface area contributed by atoms with E-state index in [0.717, 1.165) is 6.26 Å². The normalized spacial score (nSPS) is 13.4. The van der Waals surface area contributed by atoms with Gasteiger partial charge in [0.15, 0.2) is 9.84 Å². The van der Waals surface area contributed by atoms with Crippen molar-refractivity contribution in [3.8, 4) is 0 Å². The molecule has 1 aromatic carbocycles. The molecule has 0 saturated carbocycles. The molecule has 0 aliphatic carbocycles. The summed E-state index contributed by atoms with van der Waals surface area (Å²) < 4.78 is 24.2. The maximum absolute atomic E-state index is 11.3. The molecule has 5 nitrogen and oxygen atoms in total. The Hall–Kier alpha value is -1.37. The minimum atomic E-state index is -3.22. The summed E-state index contributed by atoms with van der Waals surface area (Å²) in [4.78, 5) is 0.227. The second-order valence-electron chi connectivity index (χ2n) is 4.24. The summed E-state index contributed by atoms with van der Waals surface area (Å²) >= 11 is 5.73. The van der Waals surface area contributed by atoms with Gasteiger partial charge in [-0.15, -0.1) is 0 Å². The Balaban J connectivity index is 2.14. The van der Waals surface area contributed by atoms with E-state index in [1.807, 2.05) is 0 Å². The van der Waals surface area contributed by atoms with Crippen LogP contribution in [0.1, 0.15) is 11.7 Å². The lowest BCUT2D eigenvalue weighted by atomic mass is 10.1. The predicted octanol–water partition coefficient (Wildman–Crippen LogP) is 1.67. The molecule has 0 aliphatic heterocycles. The summed E-state index contributed by atoms with van der Waals surface area (Å²) in [5.74, 6) is 0. The molecule has 1 unspecified atom stereocenters. The summed E-state index contributed by atoms with van der Waals surface area (Å²) in [6, 6.07) is 6.13. The van der Waals surface area contributed by atoms with E-state index < -0.39 is 15.9 Å². The van der Waals surface area contributed by atoms with Crippen LogP contribution in [0.3, 0.4) is 0 Å². The molecule has 0 spiro atoms. The highest BCUT2D eigenvalue weighted by atomic mass is 35.5. The Bertz CT molecular complexity index is 665. The molecule has 1 atom stereocenters. The summed E-state index contributed by atoms with van der Waals surface area (Å²) in [6.45, 7) is 0.255. The Morgan fingerprint density at radius 1 is 1.37 bits per heavy atom. The van der Waals surface area contributed by atoms with Gasteiger partial charge >= 0.3 is 0 Å². The van der Waals surface area contributed by atoms with E-state index in [0.29, 0.717) is 10.6 Å². The van der Waals surface area contributed by atoms with Crippen molar-refractivity contribution in [1.29, 1.82) is 0 Å². The molecule has 1 heterocycles. The number of aliphatic hydroxyl groups excluding tert-OH is 1. The zero-order valence-electron chi connectivity index (χ0n) is 10.2. The van der Waals surface area contributed by atoms with Crippen molar-refractivity contribution < 1.29 is 13.5 Å². The van der Waals surface area contributed by atoms with Crippen molar-refractivity contribution in [2.45, 2.75) is 17.5 Å². The van der Waals surface area contributed by atoms with Gasteiger partial charge < -0.3 is 5.11 Å². The standard InChI is InChI=1S/C12H13ClN2O3S/c1-19(17,18)11-4-2-9(3-5-11)12(16)8-15-7-10(13)6-14-15/h2-7,12,16H,8H2,1H3. The lowest BCUT2D eigenvalue weighted by Crippen LogP contribution is -2.09. The fraction of sp³-hybridized carbons (Fsp3) is 0.250. The van der Waals surface area contributed by atoms with Gasteiger partial charge in [0.1, 0.15) is 0 Å². The number of benzene rings is 1. The molecule has 0 radical (unpaired) electrons. The van der Waals surface area contributed by atoms with Crippen LogP contribution in [0.4, 0.5) is 0 Å². The van der Waals surface area contributed by atoms with Crippen molar-refractivity contribution in [3.63, 3.8) is 0 Å². The van der Waals surface area contributed by atoms with Gasteiger partial charge in [0.05, 0.1) is 28.8 Å². The summed E-state index contributed by atoms with van der Waals surface area (Å²) in [6.07, 6.45) is 3.46. The second kappa shape index (κ2) is 5.32. The Labute approximate surface area is 116 Å². The van der Waals surface area contributed by atoms with Crippen LogP contribution in [0.25, 0.3) is 0 Å². The SMILES string of the molecule is CS(=O)(=O)c1ccc(C(O)Cn2cc(Cl)cn2)cc1. The molecule has 1 aromatic heterocycles. The predicted molar refractivity (Wildman–Crippen MR) is 71.7 cm³/mol. The molecule has 1 N–H and O–H groups in total. The first kappa shape index (κ1) is 14.0. The van der Waals surface area contributed by atoms with Gasteiger partial charge in [0, 0.05) is 12.5 Å². The highest BCUT2D eigenvalue weighted by Crippen LogP contribution is 2.18. The number of aliphatic hydroxyl groups is 1. The van der Waals surface area contributed by atoms with Gasteiger partial charge in [-0.2, -0.15) is 5.10 Å². The van der Waals surface area contributed by atoms with Gasteiger partial charge in [0.25, 0.3) is 0 Å². The van der Waals surface area contributed by atoms with E-state index in [4.69, 9.17) is 11.6 Å². The molecule has 7 heteroatoms. The molecule has 0 bridgehead atoms. The van der Waals surface area contributed by atoms with Crippen molar-refractivity contribution in [2.24, 2.45) is 0 Å². The third kappa shape index (κ3) is 3.56. The number of sulfone groups is 1. The van der Waals surface area contributed by atoms with Crippen LogP contribution in [0.2, 0.25) is 5.02 Å². The molecule has 0 amide bonds. The molecular weight excluding hydrogens is 288 g/mol. The van der Waals surface area contributed by atoms with Crippen molar-refractivity contribution in [3.05, 3.63) is 47.2 Å². The van der Waals surface area contributed by atoms with Crippen LogP contribution in [-0.4, -0.2) is 29.6 Å². The lowest BCUT2D eigenvalue weighted by Gasteiger charge is -2.11. The number of rotatable bonds is 4. The third-order valence-corrected chi connectivity index (χ3v) is 3.98. The molecule has 2 aromatic rings. The maximum atomic E-state index is 11.3. The van der Waals surface area contributed by atoms with Gasteiger partial charge in [-0.05, 0) is 17.7 Å². The first-order valence-corrected chi connectivity index (χ1v) is 7.79. The zero-order valence-corrected chi connectivity index (χ0v) is 11.8. The maximum Gasteiger partial charge on any atom is 0.175 e. The largest absolute Gasteiger partial charge is 0.386 e. The van der Waals surface area contributed by atoms with Crippen LogP contribution in [0, 0.1) is 0 Å². The van der Waals surface area contributed by atoms with E-state index in [-0.39, 0.29) is 11.4 Å². The Kier molecular flexibility index (Phi) is 3.93. The van der Waals surface area contributed by atoms with Crippen LogP contribution >= 0.6 is 11.6 Å². The third-order valence-electron chi connectivity index (χ3n) is 2.65. The molecule has 0 fully saturated rings. The van der Waals surface area contributed by atoms with Crippen LogP contribution in [0.15, 0.2) is 41.6 Å². The van der Waals surface area contributed by atoms with Gasteiger partial charge in [-0.1, -0.05) is 23.7 Å². The monoisotopic (exact) mass is 300 g/mol. The Morgan fingerprint density at radius 3 is 2.47 bits per heavy atom. The van der Waals surface area contributed by atoms with Crippen LogP contribution in [-0.2, 0) is 16.4 Å². The first-order chi connectivity index (χ1) is 8.86. The molecule has 19 heavy (non-hydrogen) atoms. The second-order valence-corrected chi connectivity index (χ2v) is 6.69. The number of halogens is 1. The van der Waals surface area contributed by atoms with Crippen molar-refractivity contribution in [1.82, 2.24) is 9.78 Å². The van der Waals surface area contributed by atoms with Gasteiger partial charge in [-0.3, -0.25) is 4.68 Å². The minimum Gasteiger partial charge on any atom is -0.386 e. The quantitative estimate of drug-likeness (QED) is 0.932. The topological polar surface area (TPSA) is 72.2 Å². The van der Waals surface area contributed by atoms with E-state index >= 15 is 0 Å². The van der Waals surface area contributed by atoms with E-state index in [1.54, 1.807) is 18.3 Å². The van der Waals surface area contributed by atoms with E-state index in [9.17, 15) is 13.5 Å². The average Bonchev–Trinajstić information content (AvgIpc) is 2.74. The van der Waals surface area contributed by atoms with Crippen LogP contribution < -0.4 is 0 Å². The smallest absolute Gasteiger partial charge is 0.175 e. The highest BCUT2D eigenvalue weighted by molar-refractivity contribution is 7.90. The molecular formula is C12H13ClN2O3S. The lowest BCUT2D eigenvalue weighted by molar-refractivity contribution is 0.151. The summed E-state index contributed by atoms with van der Waals surface area (Å²) in [5.41, 5.74) is 0.624. The van der Waals surface area contributed by atoms with E-state index in [1.165, 1.54) is 23.0 Å². The molecule has 0 aliphatic rings. The molecule has 102 valence electrons. The number of hydrogen-bond acceptors (Lipinski definition) is 4. The van der Waals surface area contributed by atoms with Crippen molar-refractivity contribution >= 4 is 21.4 Å². The number of aromatic nitrogens is 2. The van der Waals surface area contributed by atoms with Gasteiger partial charge in [0.2, 0.25) is 0 Å². The fourth-order valence-corrected chi connectivity index (χ4v) is 2.44. The Morgan fingerprint density at radius 2 is 2.00 bits per heavy atom. The van der Waals surface area contributed by atoms with Crippen LogP contribution in [0.5, 0.6) is 0 Å². The van der Waals surface area contributed by atoms with Crippen molar-refractivity contribution in [2.75, 3.05) is 6.26 Å². The minimum absolute atomic E-state index is 0.227.